The maximum absolute atomic E-state index is 2.41. The molecule has 1 heteroatoms. The molecule has 0 radical (unpaired) electrons. The highest BCUT2D eigenvalue weighted by molar-refractivity contribution is 5.83. The van der Waals surface area contributed by atoms with E-state index in [1.165, 1.54) is 68.0 Å². The van der Waals surface area contributed by atoms with Crippen molar-refractivity contribution in [1.29, 1.82) is 0 Å². The Morgan fingerprint density at radius 1 is 0.895 bits per heavy atom. The summed E-state index contributed by atoms with van der Waals surface area (Å²) < 4.78 is 2.41. The summed E-state index contributed by atoms with van der Waals surface area (Å²) in [5.74, 6) is 0. The molecule has 1 nitrogen and oxygen atoms in total. The van der Waals surface area contributed by atoms with Crippen molar-refractivity contribution in [2.24, 2.45) is 0 Å². The lowest BCUT2D eigenvalue weighted by molar-refractivity contribution is 0.556. The van der Waals surface area contributed by atoms with Crippen molar-refractivity contribution in [1.82, 2.24) is 4.57 Å². The van der Waals surface area contributed by atoms with Gasteiger partial charge in [0.2, 0.25) is 0 Å². The summed E-state index contributed by atoms with van der Waals surface area (Å²) >= 11 is 0. The van der Waals surface area contributed by atoms with E-state index in [0.29, 0.717) is 0 Å². The highest BCUT2D eigenvalue weighted by Gasteiger charge is 2.02. The molecule has 0 spiro atoms. The summed E-state index contributed by atoms with van der Waals surface area (Å²) in [5.41, 5.74) is 2.78. The van der Waals surface area contributed by atoms with Crippen LogP contribution in [0, 0.1) is 6.92 Å². The standard InChI is InChI=1S/C18H27N/c1-3-4-5-6-7-8-9-14-19-15-13-17-16(2)11-10-12-18(17)19/h10-13,15H,3-9,14H2,1-2H3. The van der Waals surface area contributed by atoms with Gasteiger partial charge in [-0.15, -0.1) is 0 Å². The average Bonchev–Trinajstić information content (AvgIpc) is 2.83. The van der Waals surface area contributed by atoms with Gasteiger partial charge in [-0.3, -0.25) is 0 Å². The Bertz CT molecular complexity index is 495. The van der Waals surface area contributed by atoms with Crippen molar-refractivity contribution in [3.8, 4) is 0 Å². The van der Waals surface area contributed by atoms with Crippen LogP contribution in [0.3, 0.4) is 0 Å². The van der Waals surface area contributed by atoms with Gasteiger partial charge in [-0.2, -0.15) is 0 Å². The Morgan fingerprint density at radius 2 is 1.63 bits per heavy atom. The molecule has 104 valence electrons. The van der Waals surface area contributed by atoms with Gasteiger partial charge >= 0.3 is 0 Å². The topological polar surface area (TPSA) is 4.93 Å². The molecular weight excluding hydrogens is 230 g/mol. The zero-order valence-corrected chi connectivity index (χ0v) is 12.5. The third kappa shape index (κ3) is 3.86. The molecule has 1 aromatic carbocycles. The Labute approximate surface area is 117 Å². The number of hydrogen-bond donors (Lipinski definition) is 0. The number of benzene rings is 1. The molecule has 2 rings (SSSR count). The van der Waals surface area contributed by atoms with E-state index in [1.807, 2.05) is 0 Å². The van der Waals surface area contributed by atoms with E-state index in [1.54, 1.807) is 0 Å². The largest absolute Gasteiger partial charge is 0.347 e. The van der Waals surface area contributed by atoms with Gasteiger partial charge in [0.1, 0.15) is 0 Å². The lowest BCUT2D eigenvalue weighted by atomic mass is 10.1. The molecule has 0 aliphatic rings. The van der Waals surface area contributed by atoms with Crippen molar-refractivity contribution in [3.05, 3.63) is 36.0 Å². The first kappa shape index (κ1) is 14.2. The van der Waals surface area contributed by atoms with E-state index < -0.39 is 0 Å². The van der Waals surface area contributed by atoms with Crippen LogP contribution in [0.1, 0.15) is 57.4 Å². The number of nitrogens with zero attached hydrogens (tertiary/aromatic N) is 1. The van der Waals surface area contributed by atoms with Crippen molar-refractivity contribution in [2.75, 3.05) is 0 Å². The molecule has 0 aliphatic carbocycles. The van der Waals surface area contributed by atoms with E-state index in [-0.39, 0.29) is 0 Å². The normalized spacial score (nSPS) is 11.3. The minimum Gasteiger partial charge on any atom is -0.347 e. The second-order valence-corrected chi connectivity index (χ2v) is 5.64. The number of rotatable bonds is 8. The van der Waals surface area contributed by atoms with Crippen LogP contribution in [0.5, 0.6) is 0 Å². The fourth-order valence-corrected chi connectivity index (χ4v) is 2.81. The SMILES string of the molecule is CCCCCCCCCn1ccc2c(C)cccc21. The molecule has 0 bridgehead atoms. The average molecular weight is 257 g/mol. The van der Waals surface area contributed by atoms with Gasteiger partial charge in [-0.25, -0.2) is 0 Å². The monoisotopic (exact) mass is 257 g/mol. The van der Waals surface area contributed by atoms with Crippen LogP contribution in [-0.4, -0.2) is 4.57 Å². The number of unbranched alkanes of at least 4 members (excludes halogenated alkanes) is 6. The second-order valence-electron chi connectivity index (χ2n) is 5.64. The van der Waals surface area contributed by atoms with E-state index in [4.69, 9.17) is 0 Å². The highest BCUT2D eigenvalue weighted by Crippen LogP contribution is 2.20. The predicted molar refractivity (Wildman–Crippen MR) is 84.7 cm³/mol. The zero-order valence-electron chi connectivity index (χ0n) is 12.5. The van der Waals surface area contributed by atoms with Crippen LogP contribution in [0.25, 0.3) is 10.9 Å². The third-order valence-electron chi connectivity index (χ3n) is 4.03. The molecule has 0 aliphatic heterocycles. The fourth-order valence-electron chi connectivity index (χ4n) is 2.81. The summed E-state index contributed by atoms with van der Waals surface area (Å²) in [4.78, 5) is 0. The van der Waals surface area contributed by atoms with Crippen molar-refractivity contribution in [3.63, 3.8) is 0 Å². The zero-order chi connectivity index (χ0) is 13.5. The predicted octanol–water partition coefficient (Wildman–Crippen LogP) is 5.70. The molecule has 0 amide bonds. The highest BCUT2D eigenvalue weighted by atomic mass is 14.9. The van der Waals surface area contributed by atoms with Gasteiger partial charge in [0.05, 0.1) is 0 Å². The molecule has 2 aromatic rings. The van der Waals surface area contributed by atoms with Crippen LogP contribution >= 0.6 is 0 Å². The van der Waals surface area contributed by atoms with Crippen LogP contribution in [0.15, 0.2) is 30.5 Å². The minimum absolute atomic E-state index is 1.17. The van der Waals surface area contributed by atoms with Crippen LogP contribution in [0.2, 0.25) is 0 Å². The van der Waals surface area contributed by atoms with Gasteiger partial charge in [0.25, 0.3) is 0 Å². The fraction of sp³-hybridized carbons (Fsp3) is 0.556. The van der Waals surface area contributed by atoms with Crippen LogP contribution in [-0.2, 0) is 6.54 Å². The molecule has 0 saturated heterocycles. The van der Waals surface area contributed by atoms with Crippen LogP contribution < -0.4 is 0 Å². The first-order valence-electron chi connectivity index (χ1n) is 7.87. The van der Waals surface area contributed by atoms with Crippen molar-refractivity contribution < 1.29 is 0 Å². The molecule has 19 heavy (non-hydrogen) atoms. The van der Waals surface area contributed by atoms with Gasteiger partial charge in [0, 0.05) is 23.6 Å². The van der Waals surface area contributed by atoms with Gasteiger partial charge in [-0.05, 0) is 31.0 Å². The number of hydrogen-bond acceptors (Lipinski definition) is 0. The molecule has 0 unspecified atom stereocenters. The maximum Gasteiger partial charge on any atom is 0.0482 e. The van der Waals surface area contributed by atoms with E-state index >= 15 is 0 Å². The smallest absolute Gasteiger partial charge is 0.0482 e. The summed E-state index contributed by atoms with van der Waals surface area (Å²) in [7, 11) is 0. The van der Waals surface area contributed by atoms with Gasteiger partial charge in [-0.1, -0.05) is 57.6 Å². The first-order chi connectivity index (χ1) is 9.33. The Morgan fingerprint density at radius 3 is 2.42 bits per heavy atom. The summed E-state index contributed by atoms with van der Waals surface area (Å²) in [6.45, 7) is 5.64. The lowest BCUT2D eigenvalue weighted by Gasteiger charge is -2.06. The molecule has 0 saturated carbocycles. The van der Waals surface area contributed by atoms with Crippen molar-refractivity contribution in [2.45, 2.75) is 65.3 Å². The van der Waals surface area contributed by atoms with E-state index in [2.05, 4.69) is 48.9 Å². The number of aromatic nitrogens is 1. The van der Waals surface area contributed by atoms with E-state index in [0.717, 1.165) is 0 Å². The minimum atomic E-state index is 1.17. The number of aryl methyl sites for hydroxylation is 2. The van der Waals surface area contributed by atoms with E-state index in [9.17, 15) is 0 Å². The second kappa shape index (κ2) is 7.37. The molecule has 0 atom stereocenters. The van der Waals surface area contributed by atoms with Crippen molar-refractivity contribution >= 4 is 10.9 Å². The first-order valence-corrected chi connectivity index (χ1v) is 7.87. The summed E-state index contributed by atoms with van der Waals surface area (Å²) in [5, 5.41) is 1.41. The molecule has 1 heterocycles. The van der Waals surface area contributed by atoms with Gasteiger partial charge in [0.15, 0.2) is 0 Å². The van der Waals surface area contributed by atoms with Gasteiger partial charge < -0.3 is 4.57 Å². The van der Waals surface area contributed by atoms with Crippen LogP contribution in [0.4, 0.5) is 0 Å². The summed E-state index contributed by atoms with van der Waals surface area (Å²) in [6, 6.07) is 8.86. The quantitative estimate of drug-likeness (QED) is 0.534. The Kier molecular flexibility index (Phi) is 5.50. The molecule has 0 fully saturated rings. The number of fused-ring (bicyclic) bond motifs is 1. The lowest BCUT2D eigenvalue weighted by Crippen LogP contribution is -1.96. The maximum atomic E-state index is 2.41. The summed E-state index contributed by atoms with van der Waals surface area (Å²) in [6.07, 6.45) is 11.9. The Balaban J connectivity index is 1.77. The molecular formula is C18H27N. The Hall–Kier alpha value is -1.24. The molecule has 1 aromatic heterocycles. The molecule has 0 N–H and O–H groups in total. The third-order valence-corrected chi connectivity index (χ3v) is 4.03.